The van der Waals surface area contributed by atoms with Crippen LogP contribution in [0.25, 0.3) is 10.9 Å². The van der Waals surface area contributed by atoms with Gasteiger partial charge >= 0.3 is 0 Å². The summed E-state index contributed by atoms with van der Waals surface area (Å²) in [5.41, 5.74) is 5.72. The van der Waals surface area contributed by atoms with Crippen LogP contribution in [0.4, 0.5) is 5.69 Å². The number of nitrogen functional groups attached to an aromatic ring is 1. The Morgan fingerprint density at radius 1 is 1.25 bits per heavy atom. The predicted molar refractivity (Wildman–Crippen MR) is 74.2 cm³/mol. The van der Waals surface area contributed by atoms with Gasteiger partial charge in [-0.3, -0.25) is 4.79 Å². The molecule has 0 spiro atoms. The maximum Gasteiger partial charge on any atom is 0.268 e. The van der Waals surface area contributed by atoms with E-state index in [-0.39, 0.29) is 5.69 Å². The molecule has 0 unspecified atom stereocenters. The number of carbonyl (C=O) groups is 1. The van der Waals surface area contributed by atoms with Crippen LogP contribution in [0.1, 0.15) is 10.5 Å². The Kier molecular flexibility index (Phi) is 3.93. The van der Waals surface area contributed by atoms with Crippen LogP contribution in [0, 0.1) is 0 Å². The Morgan fingerprint density at radius 2 is 1.90 bits per heavy atom. The molecule has 1 amide bonds. The number of nitrogens with one attached hydrogen (secondary N) is 2. The van der Waals surface area contributed by atoms with Crippen LogP contribution in [0.5, 0.6) is 0 Å². The number of nitrogens with two attached hydrogens (primary N) is 1. The summed E-state index contributed by atoms with van der Waals surface area (Å²) in [6.45, 7) is -1.73. The molecule has 7 N–H and O–H groups in total. The minimum absolute atomic E-state index is 0.234. The summed E-state index contributed by atoms with van der Waals surface area (Å²) < 4.78 is 0. The molecule has 0 saturated carbocycles. The third kappa shape index (κ3) is 2.46. The zero-order valence-corrected chi connectivity index (χ0v) is 10.8. The summed E-state index contributed by atoms with van der Waals surface area (Å²) in [6, 6.07) is 6.89. The molecule has 1 aromatic carbocycles. The minimum Gasteiger partial charge on any atom is -0.397 e. The highest BCUT2D eigenvalue weighted by Gasteiger charge is 2.30. The molecular formula is C13H17N3O4. The molecule has 2 rings (SSSR count). The number of aromatic nitrogens is 1. The van der Waals surface area contributed by atoms with E-state index in [9.17, 15) is 20.1 Å². The molecule has 0 saturated heterocycles. The first kappa shape index (κ1) is 14.3. The van der Waals surface area contributed by atoms with Gasteiger partial charge in [0, 0.05) is 5.39 Å². The fourth-order valence-electron chi connectivity index (χ4n) is 1.88. The Balaban J connectivity index is 2.30. The smallest absolute Gasteiger partial charge is 0.268 e. The second kappa shape index (κ2) is 5.49. The summed E-state index contributed by atoms with van der Waals surface area (Å²) in [7, 11) is 0. The van der Waals surface area contributed by atoms with Gasteiger partial charge < -0.3 is 31.4 Å². The Morgan fingerprint density at radius 3 is 2.45 bits per heavy atom. The van der Waals surface area contributed by atoms with Gasteiger partial charge in [0.2, 0.25) is 0 Å². The zero-order valence-electron chi connectivity index (χ0n) is 10.8. The fourth-order valence-corrected chi connectivity index (χ4v) is 1.88. The lowest BCUT2D eigenvalue weighted by Crippen LogP contribution is -2.57. The molecule has 0 radical (unpaired) electrons. The molecule has 2 aromatic rings. The number of carbonyl (C=O) groups excluding carboxylic acids is 1. The van der Waals surface area contributed by atoms with Gasteiger partial charge in [-0.2, -0.15) is 0 Å². The number of para-hydroxylation sites is 1. The largest absolute Gasteiger partial charge is 0.397 e. The van der Waals surface area contributed by atoms with Crippen molar-refractivity contribution >= 4 is 22.5 Å². The molecule has 20 heavy (non-hydrogen) atoms. The van der Waals surface area contributed by atoms with Gasteiger partial charge in [0.15, 0.2) is 0 Å². The van der Waals surface area contributed by atoms with Crippen LogP contribution in [0.3, 0.4) is 0 Å². The van der Waals surface area contributed by atoms with E-state index >= 15 is 0 Å². The average Bonchev–Trinajstić information content (AvgIpc) is 2.90. The van der Waals surface area contributed by atoms with Gasteiger partial charge in [-0.05, 0) is 12.1 Å². The normalized spacial score (nSPS) is 11.8. The summed E-state index contributed by atoms with van der Waals surface area (Å²) in [4.78, 5) is 15.0. The summed E-state index contributed by atoms with van der Waals surface area (Å²) in [5, 5.41) is 30.8. The number of hydrogen-bond donors (Lipinski definition) is 6. The number of H-pyrrole nitrogens is 1. The van der Waals surface area contributed by atoms with E-state index in [1.165, 1.54) is 0 Å². The van der Waals surface area contributed by atoms with E-state index in [0.29, 0.717) is 11.2 Å². The summed E-state index contributed by atoms with van der Waals surface area (Å²) in [5.74, 6) is -0.544. The topological polar surface area (TPSA) is 132 Å². The number of rotatable bonds is 5. The number of anilines is 1. The van der Waals surface area contributed by atoms with Crippen molar-refractivity contribution < 1.29 is 20.1 Å². The number of hydrogen-bond acceptors (Lipinski definition) is 5. The Labute approximate surface area is 115 Å². The fraction of sp³-hybridized carbons (Fsp3) is 0.308. The monoisotopic (exact) mass is 279 g/mol. The second-order valence-electron chi connectivity index (χ2n) is 4.70. The van der Waals surface area contributed by atoms with Crippen molar-refractivity contribution in [2.75, 3.05) is 25.6 Å². The van der Waals surface area contributed by atoms with Gasteiger partial charge in [0.1, 0.15) is 11.2 Å². The molecule has 1 aromatic heterocycles. The number of benzene rings is 1. The van der Waals surface area contributed by atoms with Gasteiger partial charge in [0.05, 0.1) is 31.0 Å². The number of aromatic amines is 1. The van der Waals surface area contributed by atoms with Gasteiger partial charge in [-0.25, -0.2) is 0 Å². The molecule has 1 heterocycles. The molecule has 108 valence electrons. The molecule has 0 aliphatic rings. The minimum atomic E-state index is -1.46. The van der Waals surface area contributed by atoms with Crippen LogP contribution < -0.4 is 11.1 Å². The Hall–Kier alpha value is -2.09. The molecule has 7 heteroatoms. The lowest BCUT2D eigenvalue weighted by Gasteiger charge is -2.28. The third-order valence-corrected chi connectivity index (χ3v) is 3.22. The highest BCUT2D eigenvalue weighted by Crippen LogP contribution is 2.21. The van der Waals surface area contributed by atoms with Crippen molar-refractivity contribution in [3.63, 3.8) is 0 Å². The maximum atomic E-state index is 12.1. The molecule has 0 bridgehead atoms. The molecule has 0 aliphatic carbocycles. The number of aliphatic hydroxyl groups excluding tert-OH is 3. The summed E-state index contributed by atoms with van der Waals surface area (Å²) in [6.07, 6.45) is 0. The van der Waals surface area contributed by atoms with Crippen molar-refractivity contribution in [3.05, 3.63) is 30.0 Å². The first-order chi connectivity index (χ1) is 9.55. The average molecular weight is 279 g/mol. The molecule has 0 atom stereocenters. The van der Waals surface area contributed by atoms with E-state index < -0.39 is 31.3 Å². The molecule has 0 aliphatic heterocycles. The van der Waals surface area contributed by atoms with Crippen LogP contribution in [-0.4, -0.2) is 51.6 Å². The van der Waals surface area contributed by atoms with Crippen LogP contribution in [0.2, 0.25) is 0 Å². The van der Waals surface area contributed by atoms with Crippen molar-refractivity contribution in [2.24, 2.45) is 0 Å². The van der Waals surface area contributed by atoms with E-state index in [1.807, 2.05) is 0 Å². The van der Waals surface area contributed by atoms with E-state index in [4.69, 9.17) is 5.73 Å². The van der Waals surface area contributed by atoms with E-state index in [1.54, 1.807) is 24.3 Å². The Bertz CT molecular complexity index is 611. The van der Waals surface area contributed by atoms with Crippen LogP contribution in [0.15, 0.2) is 24.3 Å². The van der Waals surface area contributed by atoms with Gasteiger partial charge in [-0.15, -0.1) is 0 Å². The van der Waals surface area contributed by atoms with E-state index in [2.05, 4.69) is 10.3 Å². The highest BCUT2D eigenvalue weighted by molar-refractivity contribution is 6.01. The lowest BCUT2D eigenvalue weighted by molar-refractivity contribution is 0.0373. The number of amides is 1. The van der Waals surface area contributed by atoms with Crippen molar-refractivity contribution in [3.8, 4) is 0 Å². The van der Waals surface area contributed by atoms with Gasteiger partial charge in [0.25, 0.3) is 5.91 Å². The standard InChI is InChI=1S/C13H17N3O4/c14-9-3-1-2-8-4-10(15-11(8)9)12(20)16-13(5-17,6-18)7-19/h1-4,15,17-19H,5-7,14H2,(H,16,20). The van der Waals surface area contributed by atoms with Gasteiger partial charge in [-0.1, -0.05) is 12.1 Å². The van der Waals surface area contributed by atoms with Crippen molar-refractivity contribution in [2.45, 2.75) is 5.54 Å². The SMILES string of the molecule is Nc1cccc2cc(C(=O)NC(CO)(CO)CO)[nH]c12. The van der Waals surface area contributed by atoms with Crippen LogP contribution in [-0.2, 0) is 0 Å². The van der Waals surface area contributed by atoms with Crippen molar-refractivity contribution in [1.29, 1.82) is 0 Å². The third-order valence-electron chi connectivity index (χ3n) is 3.22. The molecule has 7 nitrogen and oxygen atoms in total. The zero-order chi connectivity index (χ0) is 14.8. The van der Waals surface area contributed by atoms with Crippen LogP contribution >= 0.6 is 0 Å². The first-order valence-electron chi connectivity index (χ1n) is 6.07. The lowest BCUT2D eigenvalue weighted by atomic mass is 10.0. The van der Waals surface area contributed by atoms with E-state index in [0.717, 1.165) is 5.39 Å². The maximum absolute atomic E-state index is 12.1. The first-order valence-corrected chi connectivity index (χ1v) is 6.07. The second-order valence-corrected chi connectivity index (χ2v) is 4.70. The highest BCUT2D eigenvalue weighted by atomic mass is 16.3. The molecule has 0 fully saturated rings. The predicted octanol–water partition coefficient (Wildman–Crippen LogP) is -0.804. The van der Waals surface area contributed by atoms with Crippen molar-refractivity contribution in [1.82, 2.24) is 10.3 Å². The molecular weight excluding hydrogens is 262 g/mol. The quantitative estimate of drug-likeness (QED) is 0.399. The summed E-state index contributed by atoms with van der Waals surface area (Å²) >= 11 is 0. The number of aliphatic hydroxyl groups is 3. The number of fused-ring (bicyclic) bond motifs is 1.